The van der Waals surface area contributed by atoms with Gasteiger partial charge in [0.1, 0.15) is 0 Å². The minimum atomic E-state index is -0.287. The van der Waals surface area contributed by atoms with Gasteiger partial charge in [0, 0.05) is 9.75 Å². The zero-order chi connectivity index (χ0) is 11.4. The maximum Gasteiger partial charge on any atom is 0.258 e. The van der Waals surface area contributed by atoms with Gasteiger partial charge in [-0.05, 0) is 36.8 Å². The van der Waals surface area contributed by atoms with E-state index in [4.69, 9.17) is 0 Å². The van der Waals surface area contributed by atoms with Crippen molar-refractivity contribution in [2.24, 2.45) is 0 Å². The molecule has 0 spiro atoms. The standard InChI is InChI=1S/C12H9NO2S/c1-5-7-3-9-10(12(15)13-11(9)14)4-8(7)6(2)16-5/h3-4H,1-2H3,(H,13,14,15). The highest BCUT2D eigenvalue weighted by Crippen LogP contribution is 2.33. The first-order valence-electron chi connectivity index (χ1n) is 4.97. The number of rotatable bonds is 0. The third-order valence-electron chi connectivity index (χ3n) is 2.94. The van der Waals surface area contributed by atoms with Gasteiger partial charge in [-0.15, -0.1) is 11.3 Å². The first kappa shape index (κ1) is 9.54. The summed E-state index contributed by atoms with van der Waals surface area (Å²) < 4.78 is 0. The summed E-state index contributed by atoms with van der Waals surface area (Å²) in [5.74, 6) is -0.574. The van der Waals surface area contributed by atoms with Crippen molar-refractivity contribution in [2.45, 2.75) is 13.8 Å². The van der Waals surface area contributed by atoms with E-state index in [1.165, 1.54) is 9.75 Å². The fraction of sp³-hybridized carbons (Fsp3) is 0.167. The van der Waals surface area contributed by atoms with Gasteiger partial charge in [0.25, 0.3) is 11.8 Å². The van der Waals surface area contributed by atoms with Gasteiger partial charge in [0.15, 0.2) is 0 Å². The highest BCUT2D eigenvalue weighted by molar-refractivity contribution is 7.13. The van der Waals surface area contributed by atoms with E-state index in [0.717, 1.165) is 10.8 Å². The molecule has 0 radical (unpaired) electrons. The molecule has 0 unspecified atom stereocenters. The van der Waals surface area contributed by atoms with E-state index in [-0.39, 0.29) is 11.8 Å². The van der Waals surface area contributed by atoms with Crippen LogP contribution in [0.25, 0.3) is 10.8 Å². The molecule has 80 valence electrons. The molecule has 0 bridgehead atoms. The van der Waals surface area contributed by atoms with Crippen molar-refractivity contribution in [2.75, 3.05) is 0 Å². The molecule has 16 heavy (non-hydrogen) atoms. The van der Waals surface area contributed by atoms with Crippen LogP contribution in [0, 0.1) is 13.8 Å². The smallest absolute Gasteiger partial charge is 0.258 e. The summed E-state index contributed by atoms with van der Waals surface area (Å²) in [4.78, 5) is 25.4. The second kappa shape index (κ2) is 2.92. The Bertz CT molecular complexity index is 601. The van der Waals surface area contributed by atoms with Crippen LogP contribution in [0.4, 0.5) is 0 Å². The van der Waals surface area contributed by atoms with E-state index in [2.05, 4.69) is 5.32 Å². The van der Waals surface area contributed by atoms with Crippen LogP contribution in [0.1, 0.15) is 30.5 Å². The van der Waals surface area contributed by atoms with Gasteiger partial charge in [-0.2, -0.15) is 0 Å². The van der Waals surface area contributed by atoms with E-state index < -0.39 is 0 Å². The van der Waals surface area contributed by atoms with Gasteiger partial charge < -0.3 is 0 Å². The summed E-state index contributed by atoms with van der Waals surface area (Å²) in [6.45, 7) is 4.06. The van der Waals surface area contributed by atoms with Crippen molar-refractivity contribution < 1.29 is 9.59 Å². The predicted octanol–water partition coefficient (Wildman–Crippen LogP) is 2.40. The van der Waals surface area contributed by atoms with E-state index >= 15 is 0 Å². The van der Waals surface area contributed by atoms with Gasteiger partial charge in [0.2, 0.25) is 0 Å². The van der Waals surface area contributed by atoms with Crippen molar-refractivity contribution in [3.05, 3.63) is 33.0 Å². The maximum absolute atomic E-state index is 11.5. The second-order valence-corrected chi connectivity index (χ2v) is 5.37. The molecular weight excluding hydrogens is 222 g/mol. The highest BCUT2D eigenvalue weighted by atomic mass is 32.1. The number of thiophene rings is 1. The molecule has 0 saturated carbocycles. The Morgan fingerprint density at radius 3 is 1.81 bits per heavy atom. The fourth-order valence-corrected chi connectivity index (χ4v) is 3.15. The summed E-state index contributed by atoms with van der Waals surface area (Å²) in [6, 6.07) is 3.65. The van der Waals surface area contributed by atoms with Crippen LogP contribution in [0.2, 0.25) is 0 Å². The fourth-order valence-electron chi connectivity index (χ4n) is 2.14. The lowest BCUT2D eigenvalue weighted by atomic mass is 10.0. The average molecular weight is 231 g/mol. The number of hydrogen-bond acceptors (Lipinski definition) is 3. The van der Waals surface area contributed by atoms with Crippen LogP contribution in [0.15, 0.2) is 12.1 Å². The molecule has 0 fully saturated rings. The van der Waals surface area contributed by atoms with Crippen molar-refractivity contribution >= 4 is 33.9 Å². The molecule has 1 aliphatic rings. The minimum Gasteiger partial charge on any atom is -0.288 e. The Kier molecular flexibility index (Phi) is 1.74. The van der Waals surface area contributed by atoms with Gasteiger partial charge in [-0.3, -0.25) is 14.9 Å². The van der Waals surface area contributed by atoms with Gasteiger partial charge >= 0.3 is 0 Å². The van der Waals surface area contributed by atoms with Crippen LogP contribution in [-0.4, -0.2) is 11.8 Å². The molecule has 0 saturated heterocycles. The topological polar surface area (TPSA) is 46.2 Å². The number of amides is 2. The van der Waals surface area contributed by atoms with E-state index in [0.29, 0.717) is 11.1 Å². The Hall–Kier alpha value is -1.68. The molecule has 4 heteroatoms. The molecule has 1 aromatic carbocycles. The third kappa shape index (κ3) is 1.08. The van der Waals surface area contributed by atoms with E-state index in [9.17, 15) is 9.59 Å². The molecule has 2 heterocycles. The molecule has 3 rings (SSSR count). The summed E-state index contributed by atoms with van der Waals surface area (Å²) in [5, 5.41) is 4.46. The zero-order valence-corrected chi connectivity index (χ0v) is 9.70. The predicted molar refractivity (Wildman–Crippen MR) is 63.1 cm³/mol. The van der Waals surface area contributed by atoms with Crippen molar-refractivity contribution in [3.8, 4) is 0 Å². The zero-order valence-electron chi connectivity index (χ0n) is 8.88. The summed E-state index contributed by atoms with van der Waals surface area (Å²) in [7, 11) is 0. The number of nitrogens with one attached hydrogen (secondary N) is 1. The quantitative estimate of drug-likeness (QED) is 0.708. The number of fused-ring (bicyclic) bond motifs is 2. The van der Waals surface area contributed by atoms with Crippen LogP contribution < -0.4 is 5.32 Å². The van der Waals surface area contributed by atoms with Crippen molar-refractivity contribution in [1.82, 2.24) is 5.32 Å². The molecule has 1 N–H and O–H groups in total. The Labute approximate surface area is 96.1 Å². The molecule has 2 aromatic rings. The normalized spacial score (nSPS) is 14.4. The van der Waals surface area contributed by atoms with Gasteiger partial charge in [0.05, 0.1) is 11.1 Å². The lowest BCUT2D eigenvalue weighted by Crippen LogP contribution is -2.19. The molecule has 1 aliphatic heterocycles. The van der Waals surface area contributed by atoms with Crippen molar-refractivity contribution in [3.63, 3.8) is 0 Å². The number of imide groups is 1. The van der Waals surface area contributed by atoms with E-state index in [1.54, 1.807) is 11.3 Å². The van der Waals surface area contributed by atoms with Gasteiger partial charge in [-0.1, -0.05) is 0 Å². The SMILES string of the molecule is Cc1sc(C)c2cc3c(cc12)C(=O)NC3=O. The summed E-state index contributed by atoms with van der Waals surface area (Å²) in [5.41, 5.74) is 0.997. The molecule has 2 amide bonds. The minimum absolute atomic E-state index is 0.287. The van der Waals surface area contributed by atoms with Gasteiger partial charge in [-0.25, -0.2) is 0 Å². The Balaban J connectivity index is 2.45. The lowest BCUT2D eigenvalue weighted by molar-refractivity contribution is 0.0879. The molecule has 1 aromatic heterocycles. The first-order chi connectivity index (χ1) is 7.58. The lowest BCUT2D eigenvalue weighted by Gasteiger charge is -1.97. The molecule has 3 nitrogen and oxygen atoms in total. The maximum atomic E-state index is 11.5. The number of aryl methyl sites for hydroxylation is 2. The first-order valence-corrected chi connectivity index (χ1v) is 5.79. The van der Waals surface area contributed by atoms with Crippen molar-refractivity contribution in [1.29, 1.82) is 0 Å². The summed E-state index contributed by atoms with van der Waals surface area (Å²) in [6.07, 6.45) is 0. The molecule has 0 atom stereocenters. The number of carbonyl (C=O) groups excluding carboxylic acids is 2. The van der Waals surface area contributed by atoms with Crippen LogP contribution in [0.5, 0.6) is 0 Å². The van der Waals surface area contributed by atoms with Crippen LogP contribution in [-0.2, 0) is 0 Å². The monoisotopic (exact) mass is 231 g/mol. The third-order valence-corrected chi connectivity index (χ3v) is 3.99. The van der Waals surface area contributed by atoms with E-state index in [1.807, 2.05) is 26.0 Å². The summed E-state index contributed by atoms with van der Waals surface area (Å²) >= 11 is 1.69. The van der Waals surface area contributed by atoms with Crippen LogP contribution >= 0.6 is 11.3 Å². The average Bonchev–Trinajstić information content (AvgIpc) is 2.67. The number of benzene rings is 1. The molecular formula is C12H9NO2S. The Morgan fingerprint density at radius 1 is 0.938 bits per heavy atom. The Morgan fingerprint density at radius 2 is 1.38 bits per heavy atom. The second-order valence-electron chi connectivity index (χ2n) is 3.94. The highest BCUT2D eigenvalue weighted by Gasteiger charge is 2.27. The number of hydrogen-bond donors (Lipinski definition) is 1. The molecule has 0 aliphatic carbocycles. The number of carbonyl (C=O) groups is 2. The largest absolute Gasteiger partial charge is 0.288 e. The van der Waals surface area contributed by atoms with Crippen LogP contribution in [0.3, 0.4) is 0 Å².